The van der Waals surface area contributed by atoms with E-state index < -0.39 is 10.0 Å². The van der Waals surface area contributed by atoms with Gasteiger partial charge in [-0.05, 0) is 50.3 Å². The van der Waals surface area contributed by atoms with Crippen LogP contribution in [0, 0.1) is 12.7 Å². The van der Waals surface area contributed by atoms with Crippen molar-refractivity contribution in [2.45, 2.75) is 45.3 Å². The number of aliphatic imine (C=N–C) groups is 1. The van der Waals surface area contributed by atoms with E-state index in [1.807, 2.05) is 13.0 Å². The Morgan fingerprint density at radius 2 is 2.14 bits per heavy atom. The van der Waals surface area contributed by atoms with Crippen molar-refractivity contribution in [3.63, 3.8) is 0 Å². The average Bonchev–Trinajstić information content (AvgIpc) is 2.68. The molecule has 2 rings (SSSR count). The summed E-state index contributed by atoms with van der Waals surface area (Å²) >= 11 is 0. The van der Waals surface area contributed by atoms with Crippen LogP contribution in [0.3, 0.4) is 0 Å². The van der Waals surface area contributed by atoms with Gasteiger partial charge in [-0.3, -0.25) is 4.99 Å². The Hall–Kier alpha value is -0.980. The minimum atomic E-state index is -3.40. The molecule has 0 spiro atoms. The second kappa shape index (κ2) is 12.7. The van der Waals surface area contributed by atoms with Crippen molar-refractivity contribution < 1.29 is 17.5 Å². The van der Waals surface area contributed by atoms with Crippen molar-refractivity contribution in [1.82, 2.24) is 15.4 Å². The molecule has 0 aliphatic carbocycles. The number of benzene rings is 1. The van der Waals surface area contributed by atoms with Crippen LogP contribution in [0.25, 0.3) is 0 Å². The zero-order valence-electron chi connectivity index (χ0n) is 17.2. The molecule has 0 saturated carbocycles. The van der Waals surface area contributed by atoms with Crippen molar-refractivity contribution in [2.24, 2.45) is 4.99 Å². The van der Waals surface area contributed by atoms with E-state index in [4.69, 9.17) is 4.74 Å². The summed E-state index contributed by atoms with van der Waals surface area (Å²) in [7, 11) is -1.80. The predicted octanol–water partition coefficient (Wildman–Crippen LogP) is 2.47. The van der Waals surface area contributed by atoms with Gasteiger partial charge in [0.15, 0.2) is 5.96 Å². The van der Waals surface area contributed by atoms with E-state index >= 15 is 0 Å². The minimum Gasteiger partial charge on any atom is -0.377 e. The number of ether oxygens (including phenoxy) is 1. The van der Waals surface area contributed by atoms with Gasteiger partial charge in [0.25, 0.3) is 0 Å². The van der Waals surface area contributed by atoms with Gasteiger partial charge >= 0.3 is 0 Å². The topological polar surface area (TPSA) is 91.8 Å². The first-order chi connectivity index (χ1) is 13.3. The number of hydrogen-bond acceptors (Lipinski definition) is 4. The molecule has 0 radical (unpaired) electrons. The number of rotatable bonds is 8. The van der Waals surface area contributed by atoms with Crippen LogP contribution < -0.4 is 15.4 Å². The molecule has 166 valence electrons. The molecular formula is C19H32FIN4O3S. The standard InChI is InChI=1S/C19H31FN4O3S.HI/c1-14-7-8-16(12-18(14)20)15(2)24-19(21-3)22-9-11-28(25,26)23-13-17-6-4-5-10-27-17;/h7-8,12,15,17,23H,4-6,9-11,13H2,1-3H3,(H2,21,22,24);1H. The molecule has 2 atom stereocenters. The number of nitrogens with one attached hydrogen (secondary N) is 3. The fourth-order valence-electron chi connectivity index (χ4n) is 2.93. The second-order valence-electron chi connectivity index (χ2n) is 7.03. The normalized spacial score (nSPS) is 18.6. The van der Waals surface area contributed by atoms with E-state index in [1.165, 1.54) is 6.07 Å². The van der Waals surface area contributed by atoms with E-state index in [9.17, 15) is 12.8 Å². The molecule has 1 aromatic rings. The molecule has 3 N–H and O–H groups in total. The molecule has 2 unspecified atom stereocenters. The van der Waals surface area contributed by atoms with Crippen molar-refractivity contribution in [1.29, 1.82) is 0 Å². The maximum absolute atomic E-state index is 13.7. The average molecular weight is 542 g/mol. The van der Waals surface area contributed by atoms with Crippen LogP contribution in [0.4, 0.5) is 4.39 Å². The molecule has 1 heterocycles. The van der Waals surface area contributed by atoms with Gasteiger partial charge in [-0.25, -0.2) is 17.5 Å². The lowest BCUT2D eigenvalue weighted by Gasteiger charge is -2.22. The Labute approximate surface area is 190 Å². The van der Waals surface area contributed by atoms with Gasteiger partial charge in [-0.1, -0.05) is 12.1 Å². The highest BCUT2D eigenvalue weighted by molar-refractivity contribution is 14.0. The minimum absolute atomic E-state index is 0. The third-order valence-electron chi connectivity index (χ3n) is 4.74. The van der Waals surface area contributed by atoms with Crippen molar-refractivity contribution in [2.75, 3.05) is 32.5 Å². The predicted molar refractivity (Wildman–Crippen MR) is 125 cm³/mol. The van der Waals surface area contributed by atoms with Crippen molar-refractivity contribution >= 4 is 40.0 Å². The molecule has 0 amide bonds. The van der Waals surface area contributed by atoms with Crippen LogP contribution in [0.15, 0.2) is 23.2 Å². The molecule has 1 aromatic carbocycles. The quantitative estimate of drug-likeness (QED) is 0.267. The van der Waals surface area contributed by atoms with E-state index in [2.05, 4.69) is 20.3 Å². The molecule has 1 fully saturated rings. The van der Waals surface area contributed by atoms with Gasteiger partial charge in [-0.15, -0.1) is 24.0 Å². The van der Waals surface area contributed by atoms with Crippen LogP contribution in [0.5, 0.6) is 0 Å². The zero-order valence-corrected chi connectivity index (χ0v) is 20.3. The summed E-state index contributed by atoms with van der Waals surface area (Å²) < 4.78 is 46.2. The summed E-state index contributed by atoms with van der Waals surface area (Å²) in [5.41, 5.74) is 1.38. The van der Waals surface area contributed by atoms with Crippen molar-refractivity contribution in [3.8, 4) is 0 Å². The van der Waals surface area contributed by atoms with Crippen LogP contribution in [0.1, 0.15) is 43.4 Å². The number of sulfonamides is 1. The number of hydrogen-bond donors (Lipinski definition) is 3. The van der Waals surface area contributed by atoms with E-state index in [-0.39, 0.29) is 54.2 Å². The molecule has 29 heavy (non-hydrogen) atoms. The third kappa shape index (κ3) is 9.14. The summed E-state index contributed by atoms with van der Waals surface area (Å²) in [6, 6.07) is 4.89. The fourth-order valence-corrected chi connectivity index (χ4v) is 3.88. The Morgan fingerprint density at radius 1 is 1.38 bits per heavy atom. The molecule has 1 aliphatic heterocycles. The molecular weight excluding hydrogens is 510 g/mol. The van der Waals surface area contributed by atoms with Crippen LogP contribution in [-0.4, -0.2) is 53.0 Å². The molecule has 1 aliphatic rings. The first-order valence-electron chi connectivity index (χ1n) is 9.63. The maximum atomic E-state index is 13.7. The van der Waals surface area contributed by atoms with Crippen LogP contribution in [-0.2, 0) is 14.8 Å². The summed E-state index contributed by atoms with van der Waals surface area (Å²) in [5, 5.41) is 6.12. The van der Waals surface area contributed by atoms with Gasteiger partial charge in [-0.2, -0.15) is 0 Å². The monoisotopic (exact) mass is 542 g/mol. The summed E-state index contributed by atoms with van der Waals surface area (Å²) in [5.74, 6) is 0.126. The molecule has 1 saturated heterocycles. The molecule has 0 bridgehead atoms. The summed E-state index contributed by atoms with van der Waals surface area (Å²) in [6.07, 6.45) is 2.95. The van der Waals surface area contributed by atoms with E-state index in [0.717, 1.165) is 24.8 Å². The lowest BCUT2D eigenvalue weighted by molar-refractivity contribution is 0.0200. The maximum Gasteiger partial charge on any atom is 0.213 e. The number of aryl methyl sites for hydroxylation is 1. The van der Waals surface area contributed by atoms with Gasteiger partial charge < -0.3 is 15.4 Å². The van der Waals surface area contributed by atoms with Gasteiger partial charge in [0.2, 0.25) is 10.0 Å². The Kier molecular flexibility index (Phi) is 11.4. The highest BCUT2D eigenvalue weighted by Crippen LogP contribution is 2.16. The Balaban J connectivity index is 0.00000420. The molecule has 0 aromatic heterocycles. The van der Waals surface area contributed by atoms with Gasteiger partial charge in [0, 0.05) is 26.7 Å². The van der Waals surface area contributed by atoms with Crippen LogP contribution in [0.2, 0.25) is 0 Å². The lowest BCUT2D eigenvalue weighted by Crippen LogP contribution is -2.43. The highest BCUT2D eigenvalue weighted by atomic mass is 127. The van der Waals surface area contributed by atoms with E-state index in [1.54, 1.807) is 20.0 Å². The lowest BCUT2D eigenvalue weighted by atomic mass is 10.1. The fraction of sp³-hybridized carbons (Fsp3) is 0.632. The smallest absolute Gasteiger partial charge is 0.213 e. The first kappa shape index (κ1) is 26.1. The van der Waals surface area contributed by atoms with Gasteiger partial charge in [0.05, 0.1) is 17.9 Å². The van der Waals surface area contributed by atoms with E-state index in [0.29, 0.717) is 24.7 Å². The summed E-state index contributed by atoms with van der Waals surface area (Å²) in [4.78, 5) is 4.10. The van der Waals surface area contributed by atoms with Crippen molar-refractivity contribution in [3.05, 3.63) is 35.1 Å². The number of guanidine groups is 1. The highest BCUT2D eigenvalue weighted by Gasteiger charge is 2.18. The largest absolute Gasteiger partial charge is 0.377 e. The Bertz CT molecular complexity index is 771. The number of nitrogens with zero attached hydrogens (tertiary/aromatic N) is 1. The van der Waals surface area contributed by atoms with Gasteiger partial charge in [0.1, 0.15) is 5.82 Å². The van der Waals surface area contributed by atoms with Crippen LogP contribution >= 0.6 is 24.0 Å². The Morgan fingerprint density at radius 3 is 2.76 bits per heavy atom. The summed E-state index contributed by atoms with van der Waals surface area (Å²) in [6.45, 7) is 4.81. The second-order valence-corrected chi connectivity index (χ2v) is 8.96. The SMILES string of the molecule is CN=C(NCCS(=O)(=O)NCC1CCCCO1)NC(C)c1ccc(C)c(F)c1.I. The molecule has 7 nitrogen and oxygen atoms in total. The first-order valence-corrected chi connectivity index (χ1v) is 11.3. The molecule has 10 heteroatoms. The number of halogens is 2. The third-order valence-corrected chi connectivity index (χ3v) is 6.09. The zero-order chi connectivity index (χ0) is 20.6.